The van der Waals surface area contributed by atoms with E-state index in [1.54, 1.807) is 0 Å². The number of nitrogens with zero attached hydrogens (tertiary/aromatic N) is 1. The number of ether oxygens (including phenoxy) is 1. The van der Waals surface area contributed by atoms with Crippen molar-refractivity contribution < 1.29 is 9.53 Å². The quantitative estimate of drug-likeness (QED) is 0.812. The Balaban J connectivity index is 1.79. The third-order valence-corrected chi connectivity index (χ3v) is 5.09. The molecule has 1 saturated carbocycles. The van der Waals surface area contributed by atoms with Gasteiger partial charge in [-0.2, -0.15) is 0 Å². The summed E-state index contributed by atoms with van der Waals surface area (Å²) >= 11 is 5.63. The largest absolute Gasteiger partial charge is 0.477 e. The summed E-state index contributed by atoms with van der Waals surface area (Å²) in [5, 5.41) is 4.13. The number of rotatable bonds is 2. The van der Waals surface area contributed by atoms with Crippen molar-refractivity contribution in [3.8, 4) is 5.75 Å². The number of anilines is 1. The molecule has 5 nitrogen and oxygen atoms in total. The molecule has 1 aliphatic heterocycles. The second-order valence-corrected chi connectivity index (χ2v) is 6.79. The molecule has 3 rings (SSSR count). The number of hydrogen-bond acceptors (Lipinski definition) is 3. The van der Waals surface area contributed by atoms with Gasteiger partial charge in [0, 0.05) is 6.04 Å². The first-order valence-electron chi connectivity index (χ1n) is 8.19. The average Bonchev–Trinajstić information content (AvgIpc) is 2.55. The Morgan fingerprint density at radius 1 is 1.35 bits per heavy atom. The van der Waals surface area contributed by atoms with Gasteiger partial charge in [0.2, 0.25) is 0 Å². The molecule has 124 valence electrons. The summed E-state index contributed by atoms with van der Waals surface area (Å²) in [6, 6.07) is 7.98. The first-order valence-corrected chi connectivity index (χ1v) is 8.60. The molecule has 0 unspecified atom stereocenters. The summed E-state index contributed by atoms with van der Waals surface area (Å²) in [6.45, 7) is 2.61. The van der Waals surface area contributed by atoms with Crippen molar-refractivity contribution in [2.24, 2.45) is 11.7 Å². The van der Waals surface area contributed by atoms with Gasteiger partial charge in [0.05, 0.1) is 12.2 Å². The SMILES string of the molecule is C[C@@H]1CCCC[C@@H]1NC(=S)N1C[C@@H](C(N)=O)Oc2ccccc21. The number of carbonyl (C=O) groups is 1. The van der Waals surface area contributed by atoms with Crippen LogP contribution in [-0.2, 0) is 4.79 Å². The Kier molecular flexibility index (Phi) is 4.71. The fourth-order valence-electron chi connectivity index (χ4n) is 3.34. The van der Waals surface area contributed by atoms with E-state index in [2.05, 4.69) is 12.2 Å². The molecule has 1 amide bonds. The van der Waals surface area contributed by atoms with E-state index < -0.39 is 12.0 Å². The molecule has 0 radical (unpaired) electrons. The van der Waals surface area contributed by atoms with Crippen LogP contribution in [-0.4, -0.2) is 29.7 Å². The summed E-state index contributed by atoms with van der Waals surface area (Å²) in [5.74, 6) is 0.770. The number of thiocarbonyl (C=S) groups is 1. The first-order chi connectivity index (χ1) is 11.1. The van der Waals surface area contributed by atoms with E-state index in [9.17, 15) is 4.79 Å². The average molecular weight is 333 g/mol. The van der Waals surface area contributed by atoms with Gasteiger partial charge in [0.1, 0.15) is 5.75 Å². The van der Waals surface area contributed by atoms with E-state index in [0.29, 0.717) is 29.4 Å². The lowest BCUT2D eigenvalue weighted by atomic mass is 9.86. The molecule has 0 spiro atoms. The molecule has 3 N–H and O–H groups in total. The lowest BCUT2D eigenvalue weighted by Gasteiger charge is -2.38. The number of nitrogens with one attached hydrogen (secondary N) is 1. The second kappa shape index (κ2) is 6.74. The second-order valence-electron chi connectivity index (χ2n) is 6.40. The maximum Gasteiger partial charge on any atom is 0.260 e. The number of carbonyl (C=O) groups excluding carboxylic acids is 1. The van der Waals surface area contributed by atoms with Gasteiger partial charge in [0.25, 0.3) is 5.91 Å². The van der Waals surface area contributed by atoms with E-state index in [1.807, 2.05) is 29.2 Å². The van der Waals surface area contributed by atoms with Crippen molar-refractivity contribution in [2.45, 2.75) is 44.8 Å². The van der Waals surface area contributed by atoms with Crippen LogP contribution in [0.1, 0.15) is 32.6 Å². The Morgan fingerprint density at radius 2 is 2.09 bits per heavy atom. The van der Waals surface area contributed by atoms with E-state index in [4.69, 9.17) is 22.7 Å². The third kappa shape index (κ3) is 3.42. The fraction of sp³-hybridized carbons (Fsp3) is 0.529. The van der Waals surface area contributed by atoms with Crippen molar-refractivity contribution in [1.82, 2.24) is 5.32 Å². The van der Waals surface area contributed by atoms with E-state index >= 15 is 0 Å². The van der Waals surface area contributed by atoms with Crippen molar-refractivity contribution >= 4 is 28.9 Å². The topological polar surface area (TPSA) is 67.6 Å². The minimum absolute atomic E-state index is 0.347. The molecule has 0 bridgehead atoms. The molecule has 0 aromatic heterocycles. The zero-order valence-electron chi connectivity index (χ0n) is 13.3. The minimum atomic E-state index is -0.687. The number of nitrogens with two attached hydrogens (primary N) is 1. The van der Waals surface area contributed by atoms with Crippen LogP contribution in [0.2, 0.25) is 0 Å². The van der Waals surface area contributed by atoms with Crippen LogP contribution in [0.25, 0.3) is 0 Å². The molecule has 1 aliphatic carbocycles. The maximum atomic E-state index is 11.6. The Labute approximate surface area is 142 Å². The zero-order valence-corrected chi connectivity index (χ0v) is 14.1. The molecule has 1 heterocycles. The molecule has 23 heavy (non-hydrogen) atoms. The van der Waals surface area contributed by atoms with Crippen LogP contribution in [0.15, 0.2) is 24.3 Å². The molecule has 6 heteroatoms. The van der Waals surface area contributed by atoms with Gasteiger partial charge in [-0.3, -0.25) is 4.79 Å². The minimum Gasteiger partial charge on any atom is -0.477 e. The summed E-state index contributed by atoms with van der Waals surface area (Å²) in [5.41, 5.74) is 6.32. The maximum absolute atomic E-state index is 11.6. The highest BCUT2D eigenvalue weighted by Crippen LogP contribution is 2.33. The number of fused-ring (bicyclic) bond motifs is 1. The van der Waals surface area contributed by atoms with Gasteiger partial charge in [0.15, 0.2) is 11.2 Å². The monoisotopic (exact) mass is 333 g/mol. The smallest absolute Gasteiger partial charge is 0.260 e. The predicted molar refractivity (Wildman–Crippen MR) is 94.6 cm³/mol. The van der Waals surface area contributed by atoms with E-state index in [0.717, 1.165) is 12.1 Å². The van der Waals surface area contributed by atoms with Crippen molar-refractivity contribution in [3.05, 3.63) is 24.3 Å². The summed E-state index contributed by atoms with van der Waals surface area (Å²) < 4.78 is 5.68. The molecular formula is C17H23N3O2S. The molecule has 1 aromatic rings. The normalized spacial score (nSPS) is 26.8. The Morgan fingerprint density at radius 3 is 2.83 bits per heavy atom. The number of primary amides is 1. The number of amides is 1. The van der Waals surface area contributed by atoms with E-state index in [1.165, 1.54) is 19.3 Å². The number of hydrogen-bond donors (Lipinski definition) is 2. The van der Waals surface area contributed by atoms with Gasteiger partial charge in [-0.1, -0.05) is 31.9 Å². The highest BCUT2D eigenvalue weighted by atomic mass is 32.1. The Bertz CT molecular complexity index is 607. The van der Waals surface area contributed by atoms with E-state index in [-0.39, 0.29) is 0 Å². The lowest BCUT2D eigenvalue weighted by Crippen LogP contribution is -2.54. The van der Waals surface area contributed by atoms with Crippen LogP contribution < -0.4 is 20.7 Å². The van der Waals surface area contributed by atoms with Gasteiger partial charge in [-0.25, -0.2) is 0 Å². The highest BCUT2D eigenvalue weighted by Gasteiger charge is 2.32. The van der Waals surface area contributed by atoms with Gasteiger partial charge in [-0.15, -0.1) is 0 Å². The fourth-order valence-corrected chi connectivity index (χ4v) is 3.67. The van der Waals surface area contributed by atoms with Gasteiger partial charge < -0.3 is 20.7 Å². The van der Waals surface area contributed by atoms with Crippen LogP contribution in [0.5, 0.6) is 5.75 Å². The van der Waals surface area contributed by atoms with Gasteiger partial charge >= 0.3 is 0 Å². The molecule has 1 fully saturated rings. The van der Waals surface area contributed by atoms with Crippen molar-refractivity contribution in [2.75, 3.05) is 11.4 Å². The van der Waals surface area contributed by atoms with Crippen LogP contribution in [0.3, 0.4) is 0 Å². The lowest BCUT2D eigenvalue weighted by molar-refractivity contribution is -0.124. The summed E-state index contributed by atoms with van der Waals surface area (Å²) in [6.07, 6.45) is 4.19. The molecular weight excluding hydrogens is 310 g/mol. The van der Waals surface area contributed by atoms with Crippen LogP contribution in [0.4, 0.5) is 5.69 Å². The van der Waals surface area contributed by atoms with Crippen molar-refractivity contribution in [3.63, 3.8) is 0 Å². The molecule has 0 saturated heterocycles. The van der Waals surface area contributed by atoms with Gasteiger partial charge in [-0.05, 0) is 43.1 Å². The van der Waals surface area contributed by atoms with Crippen LogP contribution in [0, 0.1) is 5.92 Å². The van der Waals surface area contributed by atoms with Crippen LogP contribution >= 0.6 is 12.2 Å². The summed E-state index contributed by atoms with van der Waals surface area (Å²) in [7, 11) is 0. The first kappa shape index (κ1) is 16.1. The van der Waals surface area contributed by atoms with Crippen molar-refractivity contribution in [1.29, 1.82) is 0 Å². The molecule has 1 aromatic carbocycles. The third-order valence-electron chi connectivity index (χ3n) is 4.76. The molecule has 2 aliphatic rings. The Hall–Kier alpha value is -1.82. The zero-order chi connectivity index (χ0) is 16.4. The highest BCUT2D eigenvalue weighted by molar-refractivity contribution is 7.80. The standard InChI is InChI=1S/C17H23N3O2S/c1-11-6-2-3-7-12(11)19-17(23)20-10-15(16(18)21)22-14-9-5-4-8-13(14)20/h4-5,8-9,11-12,15H,2-3,6-7,10H2,1H3,(H2,18,21)(H,19,23)/t11-,12+,15+/m1/s1. The number of para-hydroxylation sites is 2. The predicted octanol–water partition coefficient (Wildman–Crippen LogP) is 2.19. The molecule has 3 atom stereocenters. The summed E-state index contributed by atoms with van der Waals surface area (Å²) in [4.78, 5) is 13.5. The number of benzene rings is 1.